The number of hydrogen-bond acceptors (Lipinski definition) is 4. The van der Waals surface area contributed by atoms with Gasteiger partial charge < -0.3 is 14.6 Å². The van der Waals surface area contributed by atoms with Crippen LogP contribution in [0.3, 0.4) is 0 Å². The normalized spacial score (nSPS) is 10.6. The molecule has 0 radical (unpaired) electrons. The minimum atomic E-state index is -0.494. The fourth-order valence-corrected chi connectivity index (χ4v) is 3.21. The molecule has 0 aliphatic heterocycles. The van der Waals surface area contributed by atoms with Gasteiger partial charge in [-0.1, -0.05) is 0 Å². The molecule has 2 heterocycles. The zero-order valence-electron chi connectivity index (χ0n) is 17.4. The second-order valence-corrected chi connectivity index (χ2v) is 6.89. The molecule has 0 spiro atoms. The molecular weight excluding hydrogens is 413 g/mol. The van der Waals surface area contributed by atoms with Crippen molar-refractivity contribution in [3.63, 3.8) is 0 Å². The summed E-state index contributed by atoms with van der Waals surface area (Å²) in [5, 5.41) is 7.20. The van der Waals surface area contributed by atoms with Crippen molar-refractivity contribution in [2.75, 3.05) is 24.4 Å². The molecule has 32 heavy (non-hydrogen) atoms. The van der Waals surface area contributed by atoms with Crippen LogP contribution in [-0.4, -0.2) is 40.5 Å². The first kappa shape index (κ1) is 20.9. The van der Waals surface area contributed by atoms with Gasteiger partial charge in [0.25, 0.3) is 5.91 Å². The van der Waals surface area contributed by atoms with Crippen LogP contribution in [0.2, 0.25) is 0 Å². The van der Waals surface area contributed by atoms with Gasteiger partial charge in [-0.05, 0) is 60.7 Å². The van der Waals surface area contributed by atoms with Crippen molar-refractivity contribution < 1.29 is 18.7 Å². The average molecular weight is 433 g/mol. The van der Waals surface area contributed by atoms with Gasteiger partial charge in [0.1, 0.15) is 11.4 Å². The molecule has 2 aromatic heterocycles. The number of carbonyl (C=O) groups excluding carboxylic acids is 2. The summed E-state index contributed by atoms with van der Waals surface area (Å²) >= 11 is 0. The molecule has 0 saturated heterocycles. The maximum Gasteiger partial charge on any atom is 0.413 e. The molecule has 0 unspecified atom stereocenters. The molecule has 8 nitrogen and oxygen atoms in total. The molecule has 9 heteroatoms. The van der Waals surface area contributed by atoms with Gasteiger partial charge in [-0.25, -0.2) is 13.9 Å². The van der Waals surface area contributed by atoms with E-state index in [-0.39, 0.29) is 11.7 Å². The molecule has 0 fully saturated rings. The highest BCUT2D eigenvalue weighted by Crippen LogP contribution is 2.23. The molecule has 0 saturated carbocycles. The predicted octanol–water partition coefficient (Wildman–Crippen LogP) is 4.26. The van der Waals surface area contributed by atoms with Crippen LogP contribution in [-0.2, 0) is 4.74 Å². The van der Waals surface area contributed by atoms with Gasteiger partial charge in [0.05, 0.1) is 19.0 Å². The molecule has 4 rings (SSSR count). The lowest BCUT2D eigenvalue weighted by Gasteiger charge is -2.16. The van der Waals surface area contributed by atoms with Gasteiger partial charge >= 0.3 is 6.09 Å². The van der Waals surface area contributed by atoms with E-state index in [0.717, 1.165) is 0 Å². The molecule has 0 aliphatic rings. The maximum absolute atomic E-state index is 13.4. The monoisotopic (exact) mass is 433 g/mol. The van der Waals surface area contributed by atoms with Crippen molar-refractivity contribution in [2.24, 2.45) is 0 Å². The number of rotatable bonds is 5. The van der Waals surface area contributed by atoms with Crippen LogP contribution in [0.5, 0.6) is 0 Å². The van der Waals surface area contributed by atoms with Crippen molar-refractivity contribution in [2.45, 2.75) is 0 Å². The molecule has 0 bridgehead atoms. The molecule has 0 aliphatic carbocycles. The van der Waals surface area contributed by atoms with Crippen LogP contribution in [0.1, 0.15) is 10.4 Å². The number of methoxy groups -OCH3 is 1. The number of ether oxygens (including phenoxy) is 1. The summed E-state index contributed by atoms with van der Waals surface area (Å²) in [6.07, 6.45) is 4.57. The summed E-state index contributed by atoms with van der Waals surface area (Å²) in [5.41, 5.74) is 2.11. The van der Waals surface area contributed by atoms with E-state index in [2.05, 4.69) is 10.4 Å². The Labute approximate surface area is 183 Å². The number of nitrogens with one attached hydrogen (secondary N) is 1. The lowest BCUT2D eigenvalue weighted by atomic mass is 10.2. The molecular formula is C23H20FN5O3. The van der Waals surface area contributed by atoms with Crippen LogP contribution in [0.4, 0.5) is 20.6 Å². The first-order valence-electron chi connectivity index (χ1n) is 9.68. The topological polar surface area (TPSA) is 81.4 Å². The number of benzene rings is 2. The molecule has 0 atom stereocenters. The Kier molecular flexibility index (Phi) is 5.71. The Hall–Kier alpha value is -4.40. The number of aromatic nitrogens is 3. The second kappa shape index (κ2) is 8.76. The number of anilines is 2. The number of nitrogens with zero attached hydrogens (tertiary/aromatic N) is 4. The molecule has 1 N–H and O–H groups in total. The first-order valence-corrected chi connectivity index (χ1v) is 9.68. The third-order valence-electron chi connectivity index (χ3n) is 4.87. The van der Waals surface area contributed by atoms with E-state index in [1.54, 1.807) is 65.1 Å². The van der Waals surface area contributed by atoms with Gasteiger partial charge in [0.2, 0.25) is 0 Å². The van der Waals surface area contributed by atoms with E-state index >= 15 is 0 Å². The van der Waals surface area contributed by atoms with E-state index in [9.17, 15) is 14.0 Å². The van der Waals surface area contributed by atoms with E-state index in [1.165, 1.54) is 30.3 Å². The van der Waals surface area contributed by atoms with Crippen LogP contribution in [0.25, 0.3) is 11.5 Å². The van der Waals surface area contributed by atoms with Gasteiger partial charge in [-0.3, -0.25) is 9.69 Å². The van der Waals surface area contributed by atoms with Gasteiger partial charge in [-0.15, -0.1) is 0 Å². The third-order valence-corrected chi connectivity index (χ3v) is 4.87. The van der Waals surface area contributed by atoms with Crippen molar-refractivity contribution in [1.82, 2.24) is 14.3 Å². The summed E-state index contributed by atoms with van der Waals surface area (Å²) in [4.78, 5) is 26.1. The summed E-state index contributed by atoms with van der Waals surface area (Å²) < 4.78 is 21.4. The first-order chi connectivity index (χ1) is 15.5. The predicted molar refractivity (Wildman–Crippen MR) is 118 cm³/mol. The fraction of sp³-hybridized carbons (Fsp3) is 0.0870. The Morgan fingerprint density at radius 2 is 1.69 bits per heavy atom. The summed E-state index contributed by atoms with van der Waals surface area (Å²) in [5.74, 6) is -0.208. The zero-order valence-corrected chi connectivity index (χ0v) is 17.4. The lowest BCUT2D eigenvalue weighted by Crippen LogP contribution is -2.25. The highest BCUT2D eigenvalue weighted by molar-refractivity contribution is 6.06. The van der Waals surface area contributed by atoms with Crippen molar-refractivity contribution in [3.8, 4) is 11.5 Å². The minimum absolute atomic E-state index is 0.335. The minimum Gasteiger partial charge on any atom is -0.452 e. The molecule has 162 valence electrons. The van der Waals surface area contributed by atoms with Crippen LogP contribution < -0.4 is 10.2 Å². The van der Waals surface area contributed by atoms with E-state index in [1.807, 2.05) is 12.1 Å². The second-order valence-electron chi connectivity index (χ2n) is 6.89. The SMILES string of the molecule is COC(=O)N(C)c1ccc(NC(=O)c2cnn(-c3ccc(F)cc3)c2-n2cccc2)cc1. The summed E-state index contributed by atoms with van der Waals surface area (Å²) in [7, 11) is 2.90. The zero-order chi connectivity index (χ0) is 22.7. The summed E-state index contributed by atoms with van der Waals surface area (Å²) in [6.45, 7) is 0. The Morgan fingerprint density at radius 3 is 2.31 bits per heavy atom. The fourth-order valence-electron chi connectivity index (χ4n) is 3.21. The molecule has 2 aromatic carbocycles. The van der Waals surface area contributed by atoms with Gasteiger partial charge in [0.15, 0.2) is 5.82 Å². The maximum atomic E-state index is 13.4. The van der Waals surface area contributed by atoms with Crippen molar-refractivity contribution >= 4 is 23.4 Å². The standard InChI is InChI=1S/C23H20FN5O3/c1-27(23(31)32-2)18-11-7-17(8-12-18)26-21(30)20-15-25-29(19-9-5-16(24)6-10-19)22(20)28-13-3-4-14-28/h3-15H,1-2H3,(H,26,30). The Bertz CT molecular complexity index is 1230. The van der Waals surface area contributed by atoms with Gasteiger partial charge in [-0.2, -0.15) is 5.10 Å². The molecule has 4 aromatic rings. The highest BCUT2D eigenvalue weighted by atomic mass is 19.1. The Morgan fingerprint density at radius 1 is 1.03 bits per heavy atom. The lowest BCUT2D eigenvalue weighted by molar-refractivity contribution is 0.102. The largest absolute Gasteiger partial charge is 0.452 e. The van der Waals surface area contributed by atoms with E-state index < -0.39 is 6.09 Å². The van der Waals surface area contributed by atoms with Crippen LogP contribution in [0, 0.1) is 5.82 Å². The van der Waals surface area contributed by atoms with Crippen molar-refractivity contribution in [3.05, 3.63) is 90.6 Å². The quantitative estimate of drug-likeness (QED) is 0.510. The molecule has 2 amide bonds. The highest BCUT2D eigenvalue weighted by Gasteiger charge is 2.20. The van der Waals surface area contributed by atoms with Crippen LogP contribution >= 0.6 is 0 Å². The van der Waals surface area contributed by atoms with Gasteiger partial charge in [0, 0.05) is 30.8 Å². The smallest absolute Gasteiger partial charge is 0.413 e. The van der Waals surface area contributed by atoms with E-state index in [0.29, 0.717) is 28.4 Å². The van der Waals surface area contributed by atoms with E-state index in [4.69, 9.17) is 4.74 Å². The van der Waals surface area contributed by atoms with Crippen molar-refractivity contribution in [1.29, 1.82) is 0 Å². The third kappa shape index (κ3) is 4.08. The number of carbonyl (C=O) groups is 2. The van der Waals surface area contributed by atoms with Crippen LogP contribution in [0.15, 0.2) is 79.3 Å². The Balaban J connectivity index is 1.63. The number of amides is 2. The number of hydrogen-bond donors (Lipinski definition) is 1. The summed E-state index contributed by atoms with van der Waals surface area (Å²) in [6, 6.07) is 16.3. The average Bonchev–Trinajstić information content (AvgIpc) is 3.49. The number of halogens is 1.